The van der Waals surface area contributed by atoms with E-state index in [9.17, 15) is 0 Å². The molecule has 0 aliphatic heterocycles. The lowest BCUT2D eigenvalue weighted by Crippen LogP contribution is -2.11. The maximum Gasteiger partial charge on any atom is 0.226 e. The summed E-state index contributed by atoms with van der Waals surface area (Å²) in [6, 6.07) is 0. The molecule has 15 heavy (non-hydrogen) atoms. The topological polar surface area (TPSA) is 41.9 Å². The number of rotatable bonds is 2. The second-order valence-corrected chi connectivity index (χ2v) is 4.97. The minimum atomic E-state index is 0.451. The van der Waals surface area contributed by atoms with E-state index < -0.39 is 0 Å². The molecule has 0 aromatic carbocycles. The van der Waals surface area contributed by atoms with E-state index in [1.807, 2.05) is 19.0 Å². The van der Waals surface area contributed by atoms with E-state index in [1.54, 1.807) is 17.5 Å². The molecule has 0 aliphatic rings. The van der Waals surface area contributed by atoms with Gasteiger partial charge in [0.2, 0.25) is 5.95 Å². The third kappa shape index (κ3) is 1.92. The van der Waals surface area contributed by atoms with Gasteiger partial charge in [0.1, 0.15) is 10.3 Å². The summed E-state index contributed by atoms with van der Waals surface area (Å²) in [5.41, 5.74) is 0.898. The molecule has 0 bridgehead atoms. The summed E-state index contributed by atoms with van der Waals surface area (Å²) in [7, 11) is 3.87. The lowest BCUT2D eigenvalue weighted by atomic mass is 10.2. The highest BCUT2D eigenvalue weighted by atomic mass is 32.1. The normalized spacial score (nSPS) is 11.3. The smallest absolute Gasteiger partial charge is 0.226 e. The maximum atomic E-state index is 4.49. The zero-order chi connectivity index (χ0) is 11.0. The van der Waals surface area contributed by atoms with Crippen LogP contribution >= 0.6 is 11.3 Å². The number of fused-ring (bicyclic) bond motifs is 1. The van der Waals surface area contributed by atoms with E-state index in [1.165, 1.54) is 0 Å². The van der Waals surface area contributed by atoms with Crippen LogP contribution in [0.1, 0.15) is 24.8 Å². The van der Waals surface area contributed by atoms with Crippen molar-refractivity contribution in [2.45, 2.75) is 19.8 Å². The van der Waals surface area contributed by atoms with Crippen LogP contribution in [0.15, 0.2) is 6.20 Å². The van der Waals surface area contributed by atoms with Crippen molar-refractivity contribution in [3.05, 3.63) is 11.2 Å². The van der Waals surface area contributed by atoms with Crippen LogP contribution in [0.2, 0.25) is 0 Å². The number of anilines is 1. The Kier molecular flexibility index (Phi) is 2.56. The predicted octanol–water partition coefficient (Wildman–Crippen LogP) is 2.28. The van der Waals surface area contributed by atoms with Gasteiger partial charge in [0.05, 0.1) is 11.2 Å². The first kappa shape index (κ1) is 10.3. The van der Waals surface area contributed by atoms with Gasteiger partial charge in [0.25, 0.3) is 0 Å². The molecule has 0 fully saturated rings. The van der Waals surface area contributed by atoms with Crippen molar-refractivity contribution >= 4 is 27.6 Å². The van der Waals surface area contributed by atoms with Crippen molar-refractivity contribution in [3.63, 3.8) is 0 Å². The van der Waals surface area contributed by atoms with Crippen molar-refractivity contribution in [3.8, 4) is 0 Å². The molecule has 0 N–H and O–H groups in total. The molecule has 2 aromatic heterocycles. The highest BCUT2D eigenvalue weighted by Gasteiger charge is 2.10. The van der Waals surface area contributed by atoms with Crippen LogP contribution in [0, 0.1) is 0 Å². The van der Waals surface area contributed by atoms with Crippen LogP contribution in [0.5, 0.6) is 0 Å². The minimum Gasteiger partial charge on any atom is -0.347 e. The summed E-state index contributed by atoms with van der Waals surface area (Å²) in [6.07, 6.45) is 1.79. The van der Waals surface area contributed by atoms with Crippen LogP contribution in [0.3, 0.4) is 0 Å². The maximum absolute atomic E-state index is 4.49. The Bertz CT molecular complexity index is 469. The molecule has 5 heteroatoms. The molecule has 0 atom stereocenters. The third-order valence-corrected chi connectivity index (χ3v) is 3.31. The third-order valence-electron chi connectivity index (χ3n) is 2.05. The first-order chi connectivity index (χ1) is 7.08. The molecular formula is C10H14N4S. The Labute approximate surface area is 93.0 Å². The van der Waals surface area contributed by atoms with Crippen molar-refractivity contribution in [1.82, 2.24) is 15.0 Å². The van der Waals surface area contributed by atoms with Crippen LogP contribution in [0.25, 0.3) is 10.3 Å². The number of hydrogen-bond acceptors (Lipinski definition) is 5. The van der Waals surface area contributed by atoms with Crippen LogP contribution < -0.4 is 4.90 Å². The highest BCUT2D eigenvalue weighted by molar-refractivity contribution is 7.18. The van der Waals surface area contributed by atoms with Gasteiger partial charge in [-0.1, -0.05) is 25.2 Å². The first-order valence-electron chi connectivity index (χ1n) is 4.88. The molecule has 0 radical (unpaired) electrons. The Morgan fingerprint density at radius 3 is 2.60 bits per heavy atom. The van der Waals surface area contributed by atoms with Crippen molar-refractivity contribution in [2.75, 3.05) is 19.0 Å². The minimum absolute atomic E-state index is 0.451. The largest absolute Gasteiger partial charge is 0.347 e. The highest BCUT2D eigenvalue weighted by Crippen LogP contribution is 2.26. The average Bonchev–Trinajstić information content (AvgIpc) is 2.59. The second kappa shape index (κ2) is 3.73. The van der Waals surface area contributed by atoms with Gasteiger partial charge in [-0.25, -0.2) is 15.0 Å². The van der Waals surface area contributed by atoms with E-state index in [2.05, 4.69) is 28.8 Å². The van der Waals surface area contributed by atoms with E-state index in [4.69, 9.17) is 0 Å². The molecule has 0 spiro atoms. The standard InChI is InChI=1S/C10H14N4S/c1-6(2)8-12-7-5-11-10(14(3)4)13-9(7)15-8/h5-6H,1-4H3. The monoisotopic (exact) mass is 222 g/mol. The fourth-order valence-electron chi connectivity index (χ4n) is 1.21. The number of aromatic nitrogens is 3. The summed E-state index contributed by atoms with van der Waals surface area (Å²) in [6.45, 7) is 4.27. The SMILES string of the molecule is CC(C)c1nc2cnc(N(C)C)nc2s1. The predicted molar refractivity (Wildman–Crippen MR) is 63.6 cm³/mol. The summed E-state index contributed by atoms with van der Waals surface area (Å²) in [5.74, 6) is 1.19. The quantitative estimate of drug-likeness (QED) is 0.781. The van der Waals surface area contributed by atoms with Gasteiger partial charge in [-0.05, 0) is 0 Å². The molecule has 0 saturated carbocycles. The average molecular weight is 222 g/mol. The zero-order valence-corrected chi connectivity index (χ0v) is 10.2. The Morgan fingerprint density at radius 2 is 2.00 bits per heavy atom. The molecular weight excluding hydrogens is 208 g/mol. The molecule has 0 saturated heterocycles. The molecule has 2 heterocycles. The van der Waals surface area contributed by atoms with Crippen molar-refractivity contribution < 1.29 is 0 Å². The number of nitrogens with zero attached hydrogens (tertiary/aromatic N) is 4. The lowest BCUT2D eigenvalue weighted by Gasteiger charge is -2.07. The van der Waals surface area contributed by atoms with Crippen molar-refractivity contribution in [2.24, 2.45) is 0 Å². The van der Waals surface area contributed by atoms with Gasteiger partial charge in [0.15, 0.2) is 0 Å². The molecule has 2 aromatic rings. The van der Waals surface area contributed by atoms with E-state index in [-0.39, 0.29) is 0 Å². The van der Waals surface area contributed by atoms with E-state index >= 15 is 0 Å². The van der Waals surface area contributed by atoms with Crippen LogP contribution in [-0.2, 0) is 0 Å². The van der Waals surface area contributed by atoms with Gasteiger partial charge < -0.3 is 4.90 Å². The fourth-order valence-corrected chi connectivity index (χ4v) is 2.11. The Balaban J connectivity index is 2.52. The molecule has 0 aliphatic carbocycles. The summed E-state index contributed by atoms with van der Waals surface area (Å²) in [4.78, 5) is 16.0. The Morgan fingerprint density at radius 1 is 1.27 bits per heavy atom. The number of thiazole rings is 1. The van der Waals surface area contributed by atoms with Crippen molar-refractivity contribution in [1.29, 1.82) is 0 Å². The molecule has 4 nitrogen and oxygen atoms in total. The second-order valence-electron chi connectivity index (χ2n) is 3.96. The summed E-state index contributed by atoms with van der Waals surface area (Å²) in [5, 5.41) is 1.12. The number of hydrogen-bond donors (Lipinski definition) is 0. The van der Waals surface area contributed by atoms with Crippen LogP contribution in [0.4, 0.5) is 5.95 Å². The van der Waals surface area contributed by atoms with Gasteiger partial charge in [-0.2, -0.15) is 0 Å². The summed E-state index contributed by atoms with van der Waals surface area (Å²) >= 11 is 1.65. The van der Waals surface area contributed by atoms with Gasteiger partial charge in [0, 0.05) is 20.0 Å². The first-order valence-corrected chi connectivity index (χ1v) is 5.70. The molecule has 0 amide bonds. The van der Waals surface area contributed by atoms with Crippen LogP contribution in [-0.4, -0.2) is 29.0 Å². The molecule has 80 valence electrons. The van der Waals surface area contributed by atoms with E-state index in [0.29, 0.717) is 5.92 Å². The fraction of sp³-hybridized carbons (Fsp3) is 0.500. The van der Waals surface area contributed by atoms with Gasteiger partial charge >= 0.3 is 0 Å². The Hall–Kier alpha value is -1.23. The van der Waals surface area contributed by atoms with E-state index in [0.717, 1.165) is 21.3 Å². The van der Waals surface area contributed by atoms with Gasteiger partial charge in [-0.3, -0.25) is 0 Å². The summed E-state index contributed by atoms with van der Waals surface area (Å²) < 4.78 is 0. The van der Waals surface area contributed by atoms with Gasteiger partial charge in [-0.15, -0.1) is 0 Å². The molecule has 0 unspecified atom stereocenters. The molecule has 2 rings (SSSR count). The lowest BCUT2D eigenvalue weighted by molar-refractivity contribution is 0.856. The zero-order valence-electron chi connectivity index (χ0n) is 9.35.